The van der Waals surface area contributed by atoms with Crippen LogP contribution in [0.4, 0.5) is 5.82 Å². The summed E-state index contributed by atoms with van der Waals surface area (Å²) in [4.78, 5) is 4.13. The van der Waals surface area contributed by atoms with Gasteiger partial charge >= 0.3 is 0 Å². The second kappa shape index (κ2) is 5.71. The molecule has 0 atom stereocenters. The van der Waals surface area contributed by atoms with Gasteiger partial charge in [-0.25, -0.2) is 4.98 Å². The Bertz CT molecular complexity index is 532. The molecule has 17 heavy (non-hydrogen) atoms. The number of nitrogens with zero attached hydrogens (tertiary/aromatic N) is 1. The highest BCUT2D eigenvalue weighted by molar-refractivity contribution is 9.10. The smallest absolute Gasteiger partial charge is 0.145 e. The van der Waals surface area contributed by atoms with Gasteiger partial charge in [-0.05, 0) is 17.7 Å². The first-order valence-corrected chi connectivity index (χ1v) is 6.50. The van der Waals surface area contributed by atoms with Gasteiger partial charge in [0.2, 0.25) is 0 Å². The van der Waals surface area contributed by atoms with E-state index in [1.807, 2.05) is 24.3 Å². The van der Waals surface area contributed by atoms with Gasteiger partial charge in [0.05, 0.1) is 10.0 Å². The first kappa shape index (κ1) is 12.7. The SMILES string of the molecule is Clc1cnc(NCc2ccccc2Br)c(Cl)c1. The minimum Gasteiger partial charge on any atom is -0.365 e. The Morgan fingerprint density at radius 2 is 2.00 bits per heavy atom. The number of halogens is 3. The van der Waals surface area contributed by atoms with Crippen LogP contribution in [0, 0.1) is 0 Å². The van der Waals surface area contributed by atoms with Crippen molar-refractivity contribution in [1.29, 1.82) is 0 Å². The third kappa shape index (κ3) is 3.35. The fraction of sp³-hybridized carbons (Fsp3) is 0.0833. The van der Waals surface area contributed by atoms with E-state index in [1.165, 1.54) is 0 Å². The number of aromatic nitrogens is 1. The van der Waals surface area contributed by atoms with Crippen LogP contribution in [-0.2, 0) is 6.54 Å². The summed E-state index contributed by atoms with van der Waals surface area (Å²) in [7, 11) is 0. The molecule has 0 amide bonds. The lowest BCUT2D eigenvalue weighted by Gasteiger charge is -2.08. The zero-order valence-corrected chi connectivity index (χ0v) is 11.9. The molecule has 2 aromatic rings. The molecular formula is C12H9BrCl2N2. The standard InChI is InChI=1S/C12H9BrCl2N2/c13-10-4-2-1-3-8(10)6-16-12-11(15)5-9(14)7-17-12/h1-5,7H,6H2,(H,16,17). The van der Waals surface area contributed by atoms with Gasteiger partial charge in [0.1, 0.15) is 5.82 Å². The topological polar surface area (TPSA) is 24.9 Å². The van der Waals surface area contributed by atoms with Gasteiger partial charge in [0.15, 0.2) is 0 Å². The van der Waals surface area contributed by atoms with Crippen molar-refractivity contribution in [3.63, 3.8) is 0 Å². The molecule has 0 aliphatic heterocycles. The van der Waals surface area contributed by atoms with Gasteiger partial charge in [-0.1, -0.05) is 57.3 Å². The fourth-order valence-electron chi connectivity index (χ4n) is 1.37. The van der Waals surface area contributed by atoms with Crippen LogP contribution < -0.4 is 5.32 Å². The minimum atomic E-state index is 0.518. The molecule has 1 aromatic carbocycles. The largest absolute Gasteiger partial charge is 0.365 e. The van der Waals surface area contributed by atoms with Crippen molar-refractivity contribution in [2.24, 2.45) is 0 Å². The van der Waals surface area contributed by atoms with Crippen molar-refractivity contribution in [2.45, 2.75) is 6.54 Å². The van der Waals surface area contributed by atoms with Crippen molar-refractivity contribution in [1.82, 2.24) is 4.98 Å². The number of benzene rings is 1. The lowest BCUT2D eigenvalue weighted by molar-refractivity contribution is 1.10. The van der Waals surface area contributed by atoms with Gasteiger partial charge in [-0.2, -0.15) is 0 Å². The summed E-state index contributed by atoms with van der Waals surface area (Å²) in [5, 5.41) is 4.21. The normalized spacial score (nSPS) is 10.3. The van der Waals surface area contributed by atoms with Crippen molar-refractivity contribution in [2.75, 3.05) is 5.32 Å². The zero-order valence-electron chi connectivity index (χ0n) is 8.75. The lowest BCUT2D eigenvalue weighted by atomic mass is 10.2. The molecule has 1 aromatic heterocycles. The maximum Gasteiger partial charge on any atom is 0.145 e. The maximum atomic E-state index is 6.01. The first-order valence-electron chi connectivity index (χ1n) is 4.95. The van der Waals surface area contributed by atoms with Crippen LogP contribution in [0.3, 0.4) is 0 Å². The van der Waals surface area contributed by atoms with Crippen LogP contribution >= 0.6 is 39.1 Å². The molecule has 0 aliphatic rings. The molecular weight excluding hydrogens is 323 g/mol. The van der Waals surface area contributed by atoms with E-state index in [0.717, 1.165) is 10.0 Å². The van der Waals surface area contributed by atoms with Crippen molar-refractivity contribution < 1.29 is 0 Å². The average Bonchev–Trinajstić information content (AvgIpc) is 2.30. The van der Waals surface area contributed by atoms with E-state index in [9.17, 15) is 0 Å². The van der Waals surface area contributed by atoms with Crippen molar-refractivity contribution in [3.05, 3.63) is 56.6 Å². The molecule has 0 spiro atoms. The highest BCUT2D eigenvalue weighted by atomic mass is 79.9. The monoisotopic (exact) mass is 330 g/mol. The molecule has 0 fully saturated rings. The lowest BCUT2D eigenvalue weighted by Crippen LogP contribution is -2.02. The maximum absolute atomic E-state index is 6.01. The summed E-state index contributed by atoms with van der Waals surface area (Å²) >= 11 is 15.3. The van der Waals surface area contributed by atoms with Gasteiger partial charge < -0.3 is 5.32 Å². The molecule has 0 unspecified atom stereocenters. The summed E-state index contributed by atoms with van der Waals surface area (Å²) in [6.07, 6.45) is 1.57. The number of rotatable bonds is 3. The number of anilines is 1. The van der Waals surface area contributed by atoms with Gasteiger partial charge in [0.25, 0.3) is 0 Å². The third-order valence-electron chi connectivity index (χ3n) is 2.21. The van der Waals surface area contributed by atoms with E-state index in [0.29, 0.717) is 22.4 Å². The van der Waals surface area contributed by atoms with Gasteiger partial charge in [-0.15, -0.1) is 0 Å². The van der Waals surface area contributed by atoms with Gasteiger partial charge in [0, 0.05) is 17.2 Å². The number of pyridine rings is 1. The average molecular weight is 332 g/mol. The number of hydrogen-bond acceptors (Lipinski definition) is 2. The molecule has 0 saturated carbocycles. The van der Waals surface area contributed by atoms with Crippen LogP contribution in [0.5, 0.6) is 0 Å². The molecule has 5 heteroatoms. The molecule has 0 radical (unpaired) electrons. The highest BCUT2D eigenvalue weighted by Gasteiger charge is 2.03. The summed E-state index contributed by atoms with van der Waals surface area (Å²) in [6, 6.07) is 9.65. The zero-order chi connectivity index (χ0) is 12.3. The van der Waals surface area contributed by atoms with Crippen LogP contribution in [0.25, 0.3) is 0 Å². The van der Waals surface area contributed by atoms with E-state index >= 15 is 0 Å². The minimum absolute atomic E-state index is 0.518. The Labute approximate surface area is 118 Å². The van der Waals surface area contributed by atoms with E-state index in [-0.39, 0.29) is 0 Å². The van der Waals surface area contributed by atoms with E-state index in [2.05, 4.69) is 26.2 Å². The van der Waals surface area contributed by atoms with Crippen molar-refractivity contribution >= 4 is 44.9 Å². The second-order valence-electron chi connectivity index (χ2n) is 3.43. The van der Waals surface area contributed by atoms with E-state index in [1.54, 1.807) is 12.3 Å². The number of nitrogens with one attached hydrogen (secondary N) is 1. The Balaban J connectivity index is 2.10. The Morgan fingerprint density at radius 3 is 2.71 bits per heavy atom. The highest BCUT2D eigenvalue weighted by Crippen LogP contribution is 2.24. The van der Waals surface area contributed by atoms with Crippen LogP contribution in [0.2, 0.25) is 10.0 Å². The van der Waals surface area contributed by atoms with Crippen LogP contribution in [0.1, 0.15) is 5.56 Å². The summed E-state index contributed by atoms with van der Waals surface area (Å²) < 4.78 is 1.05. The van der Waals surface area contributed by atoms with Crippen LogP contribution in [-0.4, -0.2) is 4.98 Å². The van der Waals surface area contributed by atoms with E-state index < -0.39 is 0 Å². The molecule has 88 valence electrons. The molecule has 2 rings (SSSR count). The van der Waals surface area contributed by atoms with Crippen LogP contribution in [0.15, 0.2) is 41.0 Å². The van der Waals surface area contributed by atoms with Crippen molar-refractivity contribution in [3.8, 4) is 0 Å². The third-order valence-corrected chi connectivity index (χ3v) is 3.48. The summed E-state index contributed by atoms with van der Waals surface area (Å²) in [5.41, 5.74) is 1.14. The molecule has 0 bridgehead atoms. The predicted molar refractivity (Wildman–Crippen MR) is 75.7 cm³/mol. The summed E-state index contributed by atoms with van der Waals surface area (Å²) in [6.45, 7) is 0.649. The summed E-state index contributed by atoms with van der Waals surface area (Å²) in [5.74, 6) is 0.631. The second-order valence-corrected chi connectivity index (χ2v) is 5.13. The molecule has 1 N–H and O–H groups in total. The van der Waals surface area contributed by atoms with E-state index in [4.69, 9.17) is 23.2 Å². The Kier molecular flexibility index (Phi) is 4.26. The Morgan fingerprint density at radius 1 is 1.24 bits per heavy atom. The Hall–Kier alpha value is -0.770. The molecule has 0 aliphatic carbocycles. The van der Waals surface area contributed by atoms with Gasteiger partial charge in [-0.3, -0.25) is 0 Å². The number of hydrogen-bond donors (Lipinski definition) is 1. The predicted octanol–water partition coefficient (Wildman–Crippen LogP) is 4.76. The molecule has 0 saturated heterocycles. The molecule has 2 nitrogen and oxygen atoms in total. The first-order chi connectivity index (χ1) is 8.16. The molecule has 1 heterocycles. The quantitative estimate of drug-likeness (QED) is 0.876. The fourth-order valence-corrected chi connectivity index (χ4v) is 2.24.